The molecule has 0 radical (unpaired) electrons. The molecule has 0 saturated heterocycles. The standard InChI is InChI=1S/C16H18BrN3O2/c1-10(21)18-7-5-15(22)20-8-6-14-12(9-20)11-3-2-4-13(17)16(11)19-14/h2-4,19H,5-9H2,1H3,(H,18,21). The van der Waals surface area contributed by atoms with Gasteiger partial charge < -0.3 is 15.2 Å². The Kier molecular flexibility index (Phi) is 4.20. The molecular formula is C16H18BrN3O2. The third-order valence-electron chi connectivity index (χ3n) is 4.03. The average molecular weight is 364 g/mol. The number of fused-ring (bicyclic) bond motifs is 3. The summed E-state index contributed by atoms with van der Waals surface area (Å²) in [6, 6.07) is 6.11. The lowest BCUT2D eigenvalue weighted by molar-refractivity contribution is -0.132. The number of benzene rings is 1. The third kappa shape index (κ3) is 2.88. The summed E-state index contributed by atoms with van der Waals surface area (Å²) in [5.41, 5.74) is 3.52. The molecule has 0 bridgehead atoms. The van der Waals surface area contributed by atoms with Crippen LogP contribution in [0.25, 0.3) is 10.9 Å². The van der Waals surface area contributed by atoms with Gasteiger partial charge in [0.05, 0.1) is 5.52 Å². The number of hydrogen-bond acceptors (Lipinski definition) is 2. The molecule has 5 nitrogen and oxygen atoms in total. The van der Waals surface area contributed by atoms with Gasteiger partial charge in [-0.15, -0.1) is 0 Å². The molecule has 1 aromatic carbocycles. The van der Waals surface area contributed by atoms with E-state index in [1.165, 1.54) is 23.6 Å². The van der Waals surface area contributed by atoms with Gasteiger partial charge in [-0.3, -0.25) is 9.59 Å². The molecule has 22 heavy (non-hydrogen) atoms. The normalized spacial score (nSPS) is 14.0. The number of carbonyl (C=O) groups is 2. The highest BCUT2D eigenvalue weighted by Crippen LogP contribution is 2.31. The Morgan fingerprint density at radius 1 is 1.41 bits per heavy atom. The van der Waals surface area contributed by atoms with Crippen molar-refractivity contribution >= 4 is 38.6 Å². The number of H-pyrrole nitrogens is 1. The lowest BCUT2D eigenvalue weighted by Crippen LogP contribution is -2.37. The SMILES string of the molecule is CC(=O)NCCC(=O)N1CCc2[nH]c3c(Br)cccc3c2C1. The molecule has 2 heterocycles. The molecule has 6 heteroatoms. The van der Waals surface area contributed by atoms with Crippen LogP contribution in [-0.4, -0.2) is 34.8 Å². The van der Waals surface area contributed by atoms with Crippen LogP contribution in [0.5, 0.6) is 0 Å². The number of amides is 2. The van der Waals surface area contributed by atoms with Gasteiger partial charge in [0, 0.05) is 60.5 Å². The van der Waals surface area contributed by atoms with Gasteiger partial charge in [0.1, 0.15) is 0 Å². The summed E-state index contributed by atoms with van der Waals surface area (Å²) in [4.78, 5) is 28.5. The fraction of sp³-hybridized carbons (Fsp3) is 0.375. The van der Waals surface area contributed by atoms with E-state index in [0.717, 1.165) is 23.0 Å². The predicted octanol–water partition coefficient (Wildman–Crippen LogP) is 2.34. The summed E-state index contributed by atoms with van der Waals surface area (Å²) in [5, 5.41) is 3.84. The molecular weight excluding hydrogens is 346 g/mol. The van der Waals surface area contributed by atoms with Crippen LogP contribution in [0.15, 0.2) is 22.7 Å². The van der Waals surface area contributed by atoms with E-state index in [1.807, 2.05) is 17.0 Å². The summed E-state index contributed by atoms with van der Waals surface area (Å²) < 4.78 is 1.04. The van der Waals surface area contributed by atoms with E-state index >= 15 is 0 Å². The summed E-state index contributed by atoms with van der Waals surface area (Å²) in [6.45, 7) is 3.21. The zero-order valence-electron chi connectivity index (χ0n) is 12.4. The van der Waals surface area contributed by atoms with E-state index in [2.05, 4.69) is 32.3 Å². The molecule has 2 amide bonds. The zero-order valence-corrected chi connectivity index (χ0v) is 14.0. The number of para-hydroxylation sites is 1. The maximum atomic E-state index is 12.3. The van der Waals surface area contributed by atoms with E-state index in [0.29, 0.717) is 19.5 Å². The molecule has 0 aliphatic carbocycles. The fourth-order valence-electron chi connectivity index (χ4n) is 2.92. The molecule has 1 aliphatic heterocycles. The van der Waals surface area contributed by atoms with Crippen molar-refractivity contribution in [2.24, 2.45) is 0 Å². The number of aromatic amines is 1. The molecule has 3 rings (SSSR count). The van der Waals surface area contributed by atoms with Crippen molar-refractivity contribution in [2.75, 3.05) is 13.1 Å². The minimum absolute atomic E-state index is 0.0868. The summed E-state index contributed by atoms with van der Waals surface area (Å²) in [5.74, 6) is -0.0149. The molecule has 2 aromatic rings. The number of halogens is 1. The fourth-order valence-corrected chi connectivity index (χ4v) is 3.38. The first-order valence-electron chi connectivity index (χ1n) is 7.36. The van der Waals surface area contributed by atoms with Crippen LogP contribution in [-0.2, 0) is 22.6 Å². The van der Waals surface area contributed by atoms with Crippen molar-refractivity contribution in [2.45, 2.75) is 26.3 Å². The van der Waals surface area contributed by atoms with Gasteiger partial charge in [0.15, 0.2) is 0 Å². The second-order valence-electron chi connectivity index (χ2n) is 5.54. The van der Waals surface area contributed by atoms with Crippen LogP contribution in [0.2, 0.25) is 0 Å². The second-order valence-corrected chi connectivity index (χ2v) is 6.40. The summed E-state index contributed by atoms with van der Waals surface area (Å²) >= 11 is 3.56. The van der Waals surface area contributed by atoms with Crippen molar-refractivity contribution in [3.05, 3.63) is 33.9 Å². The van der Waals surface area contributed by atoms with E-state index in [-0.39, 0.29) is 11.8 Å². The Bertz CT molecular complexity index is 738. The minimum atomic E-state index is -0.102. The van der Waals surface area contributed by atoms with Crippen molar-refractivity contribution < 1.29 is 9.59 Å². The largest absolute Gasteiger partial charge is 0.357 e. The molecule has 0 spiro atoms. The van der Waals surface area contributed by atoms with Gasteiger partial charge >= 0.3 is 0 Å². The van der Waals surface area contributed by atoms with Gasteiger partial charge in [0.25, 0.3) is 0 Å². The van der Waals surface area contributed by atoms with Gasteiger partial charge in [0.2, 0.25) is 11.8 Å². The first-order valence-corrected chi connectivity index (χ1v) is 8.15. The molecule has 0 saturated carbocycles. The van der Waals surface area contributed by atoms with E-state index in [1.54, 1.807) is 0 Å². The van der Waals surface area contributed by atoms with Crippen LogP contribution >= 0.6 is 15.9 Å². The smallest absolute Gasteiger partial charge is 0.224 e. The maximum absolute atomic E-state index is 12.3. The number of nitrogens with zero attached hydrogens (tertiary/aromatic N) is 1. The van der Waals surface area contributed by atoms with E-state index in [4.69, 9.17) is 0 Å². The molecule has 1 aromatic heterocycles. The highest BCUT2D eigenvalue weighted by atomic mass is 79.9. The Morgan fingerprint density at radius 3 is 3.00 bits per heavy atom. The number of hydrogen-bond donors (Lipinski definition) is 2. The van der Waals surface area contributed by atoms with Crippen LogP contribution < -0.4 is 5.32 Å². The molecule has 0 fully saturated rings. The van der Waals surface area contributed by atoms with Gasteiger partial charge in [-0.2, -0.15) is 0 Å². The van der Waals surface area contributed by atoms with E-state index in [9.17, 15) is 9.59 Å². The van der Waals surface area contributed by atoms with Crippen LogP contribution in [0.3, 0.4) is 0 Å². The second kappa shape index (κ2) is 6.12. The van der Waals surface area contributed by atoms with E-state index < -0.39 is 0 Å². The average Bonchev–Trinajstić information content (AvgIpc) is 2.86. The summed E-state index contributed by atoms with van der Waals surface area (Å²) in [6.07, 6.45) is 1.18. The van der Waals surface area contributed by atoms with Crippen molar-refractivity contribution in [1.82, 2.24) is 15.2 Å². The lowest BCUT2D eigenvalue weighted by atomic mass is 10.0. The third-order valence-corrected chi connectivity index (χ3v) is 4.69. The zero-order chi connectivity index (χ0) is 15.7. The highest BCUT2D eigenvalue weighted by Gasteiger charge is 2.24. The monoisotopic (exact) mass is 363 g/mol. The molecule has 0 unspecified atom stereocenters. The molecule has 1 aliphatic rings. The number of nitrogens with one attached hydrogen (secondary N) is 2. The summed E-state index contributed by atoms with van der Waals surface area (Å²) in [7, 11) is 0. The topological polar surface area (TPSA) is 65.2 Å². The van der Waals surface area contributed by atoms with Crippen LogP contribution in [0.1, 0.15) is 24.6 Å². The quantitative estimate of drug-likeness (QED) is 0.878. The highest BCUT2D eigenvalue weighted by molar-refractivity contribution is 9.10. The van der Waals surface area contributed by atoms with Crippen molar-refractivity contribution in [3.63, 3.8) is 0 Å². The Labute approximate surface area is 137 Å². The maximum Gasteiger partial charge on any atom is 0.224 e. The Balaban J connectivity index is 1.76. The van der Waals surface area contributed by atoms with Gasteiger partial charge in [-0.1, -0.05) is 12.1 Å². The minimum Gasteiger partial charge on any atom is -0.357 e. The Hall–Kier alpha value is -1.82. The lowest BCUT2D eigenvalue weighted by Gasteiger charge is -2.27. The molecule has 2 N–H and O–H groups in total. The number of rotatable bonds is 3. The van der Waals surface area contributed by atoms with Crippen LogP contribution in [0.4, 0.5) is 0 Å². The van der Waals surface area contributed by atoms with Crippen molar-refractivity contribution in [1.29, 1.82) is 0 Å². The molecule has 116 valence electrons. The van der Waals surface area contributed by atoms with Crippen molar-refractivity contribution in [3.8, 4) is 0 Å². The Morgan fingerprint density at radius 2 is 2.23 bits per heavy atom. The number of aromatic nitrogens is 1. The van der Waals surface area contributed by atoms with Gasteiger partial charge in [-0.05, 0) is 22.0 Å². The number of carbonyl (C=O) groups excluding carboxylic acids is 2. The first kappa shape index (κ1) is 15.1. The predicted molar refractivity (Wildman–Crippen MR) is 88.4 cm³/mol. The first-order chi connectivity index (χ1) is 10.6. The molecule has 0 atom stereocenters. The van der Waals surface area contributed by atoms with Gasteiger partial charge in [-0.25, -0.2) is 0 Å². The van der Waals surface area contributed by atoms with Crippen LogP contribution in [0, 0.1) is 0 Å².